The van der Waals surface area contributed by atoms with E-state index in [-0.39, 0.29) is 0 Å². The largest absolute Gasteiger partial charge is 0.452 e. The van der Waals surface area contributed by atoms with E-state index in [9.17, 15) is 9.59 Å². The summed E-state index contributed by atoms with van der Waals surface area (Å²) in [7, 11) is 0. The van der Waals surface area contributed by atoms with E-state index in [1.54, 1.807) is 6.20 Å². The molecular weight excluding hydrogens is 412 g/mol. The number of benzene rings is 2. The minimum Gasteiger partial charge on any atom is -0.452 e. The van der Waals surface area contributed by atoms with Crippen LogP contribution in [0.3, 0.4) is 0 Å². The minimum atomic E-state index is -0.649. The molecule has 0 fully saturated rings. The van der Waals surface area contributed by atoms with Gasteiger partial charge < -0.3 is 4.74 Å². The van der Waals surface area contributed by atoms with Gasteiger partial charge in [0.15, 0.2) is 11.7 Å². The molecule has 0 aliphatic rings. The standard InChI is InChI=1S/C23H18N4O3S/c1-15-6-8-16(9-7-15)20-14-31-23(26-20)27-21(28)13-30-22(29)11-10-17-12-24-18-4-2-3-5-19(18)25-17/h2-12,14H,13H2,1H3,(H,26,27,28)/b11-10+. The summed E-state index contributed by atoms with van der Waals surface area (Å²) in [6, 6.07) is 15.4. The predicted octanol–water partition coefficient (Wildman–Crippen LogP) is 4.26. The number of aryl methyl sites for hydroxylation is 1. The number of anilines is 1. The number of esters is 1. The third-order valence-corrected chi connectivity index (χ3v) is 5.06. The van der Waals surface area contributed by atoms with Gasteiger partial charge in [-0.2, -0.15) is 0 Å². The first-order chi connectivity index (χ1) is 15.1. The van der Waals surface area contributed by atoms with Gasteiger partial charge in [-0.1, -0.05) is 42.0 Å². The normalized spacial score (nSPS) is 11.0. The van der Waals surface area contributed by atoms with E-state index in [2.05, 4.69) is 20.3 Å². The van der Waals surface area contributed by atoms with Gasteiger partial charge >= 0.3 is 5.97 Å². The third kappa shape index (κ3) is 5.37. The number of amides is 1. The SMILES string of the molecule is Cc1ccc(-c2csc(NC(=O)COC(=O)/C=C/c3cnc4ccccc4n3)n2)cc1. The zero-order chi connectivity index (χ0) is 21.6. The highest BCUT2D eigenvalue weighted by Gasteiger charge is 2.10. The number of para-hydroxylation sites is 2. The van der Waals surface area contributed by atoms with Crippen molar-refractivity contribution in [1.82, 2.24) is 15.0 Å². The second-order valence-electron chi connectivity index (χ2n) is 6.68. The van der Waals surface area contributed by atoms with Crippen molar-refractivity contribution in [3.05, 3.63) is 77.4 Å². The van der Waals surface area contributed by atoms with Crippen molar-refractivity contribution in [3.63, 3.8) is 0 Å². The highest BCUT2D eigenvalue weighted by atomic mass is 32.1. The van der Waals surface area contributed by atoms with E-state index < -0.39 is 18.5 Å². The second-order valence-corrected chi connectivity index (χ2v) is 7.53. The molecule has 0 saturated heterocycles. The Hall–Kier alpha value is -3.91. The fourth-order valence-electron chi connectivity index (χ4n) is 2.73. The van der Waals surface area contributed by atoms with Crippen LogP contribution < -0.4 is 5.32 Å². The van der Waals surface area contributed by atoms with Gasteiger partial charge in [-0.15, -0.1) is 11.3 Å². The highest BCUT2D eigenvalue weighted by molar-refractivity contribution is 7.14. The maximum atomic E-state index is 12.1. The molecule has 0 atom stereocenters. The minimum absolute atomic E-state index is 0.411. The summed E-state index contributed by atoms with van der Waals surface area (Å²) in [6.07, 6.45) is 4.27. The van der Waals surface area contributed by atoms with Crippen LogP contribution in [0.1, 0.15) is 11.3 Å². The Morgan fingerprint density at radius 3 is 2.65 bits per heavy atom. The Morgan fingerprint density at radius 2 is 1.84 bits per heavy atom. The molecule has 0 unspecified atom stereocenters. The van der Waals surface area contributed by atoms with E-state index in [1.165, 1.54) is 23.5 Å². The van der Waals surface area contributed by atoms with Crippen LogP contribution in [0.5, 0.6) is 0 Å². The lowest BCUT2D eigenvalue weighted by molar-refractivity contribution is -0.142. The lowest BCUT2D eigenvalue weighted by Gasteiger charge is -2.02. The van der Waals surface area contributed by atoms with Crippen molar-refractivity contribution in [3.8, 4) is 11.3 Å². The van der Waals surface area contributed by atoms with Gasteiger partial charge in [-0.05, 0) is 25.1 Å². The highest BCUT2D eigenvalue weighted by Crippen LogP contribution is 2.25. The fourth-order valence-corrected chi connectivity index (χ4v) is 3.47. The van der Waals surface area contributed by atoms with Gasteiger partial charge in [0, 0.05) is 17.0 Å². The van der Waals surface area contributed by atoms with Crippen LogP contribution in [0.4, 0.5) is 5.13 Å². The Kier molecular flexibility index (Phi) is 6.09. The van der Waals surface area contributed by atoms with E-state index in [1.807, 2.05) is 60.8 Å². The predicted molar refractivity (Wildman–Crippen MR) is 120 cm³/mol. The molecule has 31 heavy (non-hydrogen) atoms. The van der Waals surface area contributed by atoms with Crippen molar-refractivity contribution >= 4 is 45.5 Å². The second kappa shape index (κ2) is 9.27. The molecule has 1 N–H and O–H groups in total. The van der Waals surface area contributed by atoms with Gasteiger partial charge in [-0.3, -0.25) is 15.1 Å². The molecule has 0 bridgehead atoms. The molecule has 154 valence electrons. The van der Waals surface area contributed by atoms with Crippen LogP contribution in [0, 0.1) is 6.92 Å². The number of thiazole rings is 1. The molecule has 1 amide bonds. The molecule has 0 spiro atoms. The van der Waals surface area contributed by atoms with Crippen molar-refractivity contribution < 1.29 is 14.3 Å². The maximum absolute atomic E-state index is 12.1. The van der Waals surface area contributed by atoms with Crippen molar-refractivity contribution in [2.24, 2.45) is 0 Å². The van der Waals surface area contributed by atoms with Crippen LogP contribution in [0.2, 0.25) is 0 Å². The summed E-state index contributed by atoms with van der Waals surface area (Å²) < 4.78 is 4.98. The van der Waals surface area contributed by atoms with Crippen LogP contribution in [0.15, 0.2) is 66.2 Å². The Labute approximate surface area is 182 Å². The lowest BCUT2D eigenvalue weighted by atomic mass is 10.1. The number of rotatable bonds is 6. The molecule has 7 nitrogen and oxygen atoms in total. The van der Waals surface area contributed by atoms with Crippen molar-refractivity contribution in [2.75, 3.05) is 11.9 Å². The number of nitrogens with zero attached hydrogens (tertiary/aromatic N) is 3. The van der Waals surface area contributed by atoms with Crippen molar-refractivity contribution in [2.45, 2.75) is 6.92 Å². The Morgan fingerprint density at radius 1 is 1.06 bits per heavy atom. The average molecular weight is 430 g/mol. The zero-order valence-corrected chi connectivity index (χ0v) is 17.4. The average Bonchev–Trinajstić information content (AvgIpc) is 3.25. The van der Waals surface area contributed by atoms with E-state index in [0.717, 1.165) is 27.9 Å². The molecule has 0 aliphatic carbocycles. The van der Waals surface area contributed by atoms with Gasteiger partial charge in [0.1, 0.15) is 0 Å². The number of fused-ring (bicyclic) bond motifs is 1. The molecule has 2 heterocycles. The molecule has 4 rings (SSSR count). The van der Waals surface area contributed by atoms with E-state index in [4.69, 9.17) is 4.74 Å². The molecule has 4 aromatic rings. The summed E-state index contributed by atoms with van der Waals surface area (Å²) in [5.74, 6) is -1.11. The molecular formula is C23H18N4O3S. The van der Waals surface area contributed by atoms with Gasteiger partial charge in [0.05, 0.1) is 28.6 Å². The van der Waals surface area contributed by atoms with Crippen LogP contribution in [-0.2, 0) is 14.3 Å². The summed E-state index contributed by atoms with van der Waals surface area (Å²) >= 11 is 1.31. The number of nitrogens with one attached hydrogen (secondary N) is 1. The Balaban J connectivity index is 1.28. The first-order valence-corrected chi connectivity index (χ1v) is 10.3. The maximum Gasteiger partial charge on any atom is 0.331 e. The number of aromatic nitrogens is 3. The number of hydrogen-bond acceptors (Lipinski definition) is 7. The molecule has 0 radical (unpaired) electrons. The number of carbonyl (C=O) groups excluding carboxylic acids is 2. The van der Waals surface area contributed by atoms with Gasteiger partial charge in [0.2, 0.25) is 0 Å². The summed E-state index contributed by atoms with van der Waals surface area (Å²) in [5, 5.41) is 4.94. The quantitative estimate of drug-likeness (QED) is 0.363. The monoisotopic (exact) mass is 430 g/mol. The third-order valence-electron chi connectivity index (χ3n) is 4.30. The molecule has 2 aromatic heterocycles. The van der Waals surface area contributed by atoms with Crippen LogP contribution >= 0.6 is 11.3 Å². The topological polar surface area (TPSA) is 94.1 Å². The molecule has 8 heteroatoms. The van der Waals surface area contributed by atoms with Gasteiger partial charge in [0.25, 0.3) is 5.91 Å². The molecule has 2 aromatic carbocycles. The molecule has 0 saturated carbocycles. The summed E-state index contributed by atoms with van der Waals surface area (Å²) in [5.41, 5.74) is 4.92. The van der Waals surface area contributed by atoms with Crippen molar-refractivity contribution in [1.29, 1.82) is 0 Å². The first-order valence-electron chi connectivity index (χ1n) is 9.46. The zero-order valence-electron chi connectivity index (χ0n) is 16.6. The van der Waals surface area contributed by atoms with Gasteiger partial charge in [-0.25, -0.2) is 14.8 Å². The lowest BCUT2D eigenvalue weighted by Crippen LogP contribution is -2.20. The van der Waals surface area contributed by atoms with Crippen LogP contribution in [0.25, 0.3) is 28.4 Å². The Bertz CT molecular complexity index is 1270. The number of hydrogen-bond donors (Lipinski definition) is 1. The summed E-state index contributed by atoms with van der Waals surface area (Å²) in [4.78, 5) is 37.0. The fraction of sp³-hybridized carbons (Fsp3) is 0.0870. The van der Waals surface area contributed by atoms with E-state index in [0.29, 0.717) is 10.8 Å². The summed E-state index contributed by atoms with van der Waals surface area (Å²) in [6.45, 7) is 1.61. The smallest absolute Gasteiger partial charge is 0.331 e. The van der Waals surface area contributed by atoms with Crippen LogP contribution in [-0.4, -0.2) is 33.4 Å². The molecule has 0 aliphatic heterocycles. The first kappa shape index (κ1) is 20.4. The van der Waals surface area contributed by atoms with E-state index >= 15 is 0 Å². The number of carbonyl (C=O) groups is 2. The number of ether oxygens (including phenoxy) is 1.